The number of fused-ring (bicyclic) bond motifs is 2. The molecule has 2 amide bonds. The van der Waals surface area contributed by atoms with Crippen LogP contribution in [0.4, 0.5) is 0 Å². The van der Waals surface area contributed by atoms with Gasteiger partial charge in [0.2, 0.25) is 11.8 Å². The number of aromatic nitrogens is 2. The van der Waals surface area contributed by atoms with Crippen LogP contribution in [0.5, 0.6) is 0 Å². The van der Waals surface area contributed by atoms with Crippen LogP contribution in [0.15, 0.2) is 42.6 Å². The number of carbonyl (C=O) groups excluding carboxylic acids is 2. The van der Waals surface area contributed by atoms with Gasteiger partial charge in [0.15, 0.2) is 0 Å². The zero-order chi connectivity index (χ0) is 21.2. The first-order valence-electron chi connectivity index (χ1n) is 11.1. The molecular weight excluding hydrogens is 392 g/mol. The molecular formula is C24H26N4O3. The van der Waals surface area contributed by atoms with E-state index < -0.39 is 17.4 Å². The smallest absolute Gasteiger partial charge is 0.230 e. The topological polar surface area (TPSA) is 78.5 Å². The number of aryl methyl sites for hydroxylation is 1. The fraction of sp³-hybridized carbons (Fsp3) is 0.458. The Balaban J connectivity index is 1.20. The van der Waals surface area contributed by atoms with Gasteiger partial charge in [0, 0.05) is 37.3 Å². The summed E-state index contributed by atoms with van der Waals surface area (Å²) < 4.78 is 6.29. The number of nitrogens with zero attached hydrogens (tertiary/aromatic N) is 3. The maximum Gasteiger partial charge on any atom is 0.230 e. The molecule has 31 heavy (non-hydrogen) atoms. The monoisotopic (exact) mass is 418 g/mol. The summed E-state index contributed by atoms with van der Waals surface area (Å²) in [6, 6.07) is 8.43. The summed E-state index contributed by atoms with van der Waals surface area (Å²) in [6.07, 6.45) is 7.08. The molecule has 4 aliphatic heterocycles. The molecule has 1 spiro atoms. The molecule has 2 bridgehead atoms. The first kappa shape index (κ1) is 18.8. The highest BCUT2D eigenvalue weighted by Crippen LogP contribution is 2.52. The SMILES string of the molecule is Cc1ccc(CCN2C[C@]34C=C[C@H](O3)[C@@H](C(=O)N3CCc5[nH]ncc5C3)[C@H]4C2=O)cc1. The molecule has 6 rings (SSSR count). The van der Waals surface area contributed by atoms with Crippen LogP contribution in [0.1, 0.15) is 22.4 Å². The van der Waals surface area contributed by atoms with E-state index in [0.717, 1.165) is 24.1 Å². The van der Waals surface area contributed by atoms with Gasteiger partial charge >= 0.3 is 0 Å². The number of rotatable bonds is 4. The molecule has 4 atom stereocenters. The van der Waals surface area contributed by atoms with Crippen LogP contribution in [-0.4, -0.2) is 63.2 Å². The molecule has 2 saturated heterocycles. The summed E-state index contributed by atoms with van der Waals surface area (Å²) in [5.41, 5.74) is 3.96. The number of H-pyrrole nitrogens is 1. The Morgan fingerprint density at radius 1 is 1.32 bits per heavy atom. The van der Waals surface area contributed by atoms with Crippen molar-refractivity contribution in [1.82, 2.24) is 20.0 Å². The average Bonchev–Trinajstić information content (AvgIpc) is 3.53. The quantitative estimate of drug-likeness (QED) is 0.766. The maximum atomic E-state index is 13.5. The Labute approximate surface area is 181 Å². The lowest BCUT2D eigenvalue weighted by Gasteiger charge is -2.32. The van der Waals surface area contributed by atoms with Crippen LogP contribution in [0, 0.1) is 18.8 Å². The number of aromatic amines is 1. The Kier molecular flexibility index (Phi) is 4.12. The molecule has 7 heteroatoms. The van der Waals surface area contributed by atoms with Gasteiger partial charge < -0.3 is 14.5 Å². The Morgan fingerprint density at radius 3 is 3.00 bits per heavy atom. The molecule has 4 aliphatic rings. The van der Waals surface area contributed by atoms with Crippen molar-refractivity contribution in [3.05, 3.63) is 65.0 Å². The number of carbonyl (C=O) groups is 2. The molecule has 0 saturated carbocycles. The van der Waals surface area contributed by atoms with Gasteiger partial charge in [0.1, 0.15) is 5.60 Å². The van der Waals surface area contributed by atoms with Crippen molar-refractivity contribution < 1.29 is 14.3 Å². The van der Waals surface area contributed by atoms with E-state index in [-0.39, 0.29) is 17.9 Å². The van der Waals surface area contributed by atoms with Gasteiger partial charge in [-0.15, -0.1) is 0 Å². The number of nitrogens with one attached hydrogen (secondary N) is 1. The Morgan fingerprint density at radius 2 is 2.16 bits per heavy atom. The number of hydrogen-bond donors (Lipinski definition) is 1. The van der Waals surface area contributed by atoms with Crippen molar-refractivity contribution in [1.29, 1.82) is 0 Å². The molecule has 160 valence electrons. The highest BCUT2D eigenvalue weighted by atomic mass is 16.5. The second kappa shape index (κ2) is 6.79. The van der Waals surface area contributed by atoms with Crippen LogP contribution in [-0.2, 0) is 33.7 Å². The van der Waals surface area contributed by atoms with Gasteiger partial charge in [-0.2, -0.15) is 5.10 Å². The van der Waals surface area contributed by atoms with Crippen LogP contribution < -0.4 is 0 Å². The molecule has 1 N–H and O–H groups in total. The van der Waals surface area contributed by atoms with Crippen molar-refractivity contribution in [2.75, 3.05) is 19.6 Å². The molecule has 0 aliphatic carbocycles. The molecule has 0 unspecified atom stereocenters. The summed E-state index contributed by atoms with van der Waals surface area (Å²) in [5, 5.41) is 7.11. The van der Waals surface area contributed by atoms with E-state index >= 15 is 0 Å². The predicted molar refractivity (Wildman–Crippen MR) is 113 cm³/mol. The van der Waals surface area contributed by atoms with Gasteiger partial charge in [-0.25, -0.2) is 0 Å². The molecule has 0 radical (unpaired) electrons. The number of benzene rings is 1. The summed E-state index contributed by atoms with van der Waals surface area (Å²) in [4.78, 5) is 30.7. The third-order valence-corrected chi connectivity index (χ3v) is 7.37. The minimum atomic E-state index is -0.647. The van der Waals surface area contributed by atoms with Crippen LogP contribution in [0.2, 0.25) is 0 Å². The summed E-state index contributed by atoms with van der Waals surface area (Å²) in [7, 11) is 0. The van der Waals surface area contributed by atoms with Crippen molar-refractivity contribution in [2.24, 2.45) is 11.8 Å². The van der Waals surface area contributed by atoms with Gasteiger partial charge in [0.05, 0.1) is 30.7 Å². The zero-order valence-electron chi connectivity index (χ0n) is 17.6. The first-order valence-corrected chi connectivity index (χ1v) is 11.1. The van der Waals surface area contributed by atoms with Crippen molar-refractivity contribution >= 4 is 11.8 Å². The van der Waals surface area contributed by atoms with Gasteiger partial charge in [-0.3, -0.25) is 14.7 Å². The lowest BCUT2D eigenvalue weighted by molar-refractivity contribution is -0.143. The Bertz CT molecular complexity index is 1070. The lowest BCUT2D eigenvalue weighted by Crippen LogP contribution is -2.47. The minimum absolute atomic E-state index is 0.0295. The van der Waals surface area contributed by atoms with E-state index in [1.807, 2.05) is 22.0 Å². The number of hydrogen-bond acceptors (Lipinski definition) is 4. The standard InChI is InChI=1S/C24H26N4O3/c1-15-2-4-16(5-3-15)7-10-28-14-24-9-6-19(31-24)20(21(24)23(28)30)22(29)27-11-8-18-17(13-27)12-25-26-18/h2-6,9,12,19-21H,7-8,10-11,13-14H2,1H3,(H,25,26)/t19-,20+,21-,24-/m0/s1. The summed E-state index contributed by atoms with van der Waals surface area (Å²) in [5.74, 6) is -0.769. The molecule has 2 fully saturated rings. The molecule has 1 aromatic heterocycles. The van der Waals surface area contributed by atoms with E-state index in [4.69, 9.17) is 4.74 Å². The third kappa shape index (κ3) is 2.86. The third-order valence-electron chi connectivity index (χ3n) is 7.37. The summed E-state index contributed by atoms with van der Waals surface area (Å²) in [6.45, 7) is 4.44. The lowest BCUT2D eigenvalue weighted by atomic mass is 9.76. The Hall–Kier alpha value is -2.93. The molecule has 7 nitrogen and oxygen atoms in total. The van der Waals surface area contributed by atoms with Crippen LogP contribution in [0.3, 0.4) is 0 Å². The van der Waals surface area contributed by atoms with E-state index in [0.29, 0.717) is 26.2 Å². The second-order valence-corrected chi connectivity index (χ2v) is 9.28. The van der Waals surface area contributed by atoms with Crippen molar-refractivity contribution in [3.63, 3.8) is 0 Å². The maximum absolute atomic E-state index is 13.5. The highest BCUT2D eigenvalue weighted by molar-refractivity contribution is 5.93. The fourth-order valence-electron chi connectivity index (χ4n) is 5.69. The van der Waals surface area contributed by atoms with Gasteiger partial charge in [-0.05, 0) is 18.9 Å². The second-order valence-electron chi connectivity index (χ2n) is 9.28. The molecule has 2 aromatic rings. The molecule has 1 aromatic carbocycles. The van der Waals surface area contributed by atoms with E-state index in [1.165, 1.54) is 11.1 Å². The van der Waals surface area contributed by atoms with Crippen molar-refractivity contribution in [3.8, 4) is 0 Å². The zero-order valence-corrected chi connectivity index (χ0v) is 17.6. The minimum Gasteiger partial charge on any atom is -0.360 e. The predicted octanol–water partition coefficient (Wildman–Crippen LogP) is 1.63. The fourth-order valence-corrected chi connectivity index (χ4v) is 5.69. The summed E-state index contributed by atoms with van der Waals surface area (Å²) >= 11 is 0. The molecule has 5 heterocycles. The number of likely N-dealkylation sites (tertiary alicyclic amines) is 1. The van der Waals surface area contributed by atoms with Crippen LogP contribution in [0.25, 0.3) is 0 Å². The highest BCUT2D eigenvalue weighted by Gasteiger charge is 2.67. The first-order chi connectivity index (χ1) is 15.0. The number of ether oxygens (including phenoxy) is 1. The normalized spacial score (nSPS) is 30.7. The van der Waals surface area contributed by atoms with E-state index in [2.05, 4.69) is 41.4 Å². The largest absolute Gasteiger partial charge is 0.360 e. The van der Waals surface area contributed by atoms with Gasteiger partial charge in [-0.1, -0.05) is 42.0 Å². The average molecular weight is 418 g/mol. The van der Waals surface area contributed by atoms with E-state index in [1.54, 1.807) is 6.20 Å². The van der Waals surface area contributed by atoms with E-state index in [9.17, 15) is 9.59 Å². The van der Waals surface area contributed by atoms with Crippen LogP contribution >= 0.6 is 0 Å². The number of amides is 2. The van der Waals surface area contributed by atoms with Gasteiger partial charge in [0.25, 0.3) is 0 Å². The van der Waals surface area contributed by atoms with Crippen molar-refractivity contribution in [2.45, 2.75) is 38.0 Å².